The van der Waals surface area contributed by atoms with E-state index < -0.39 is 89.8 Å². The Morgan fingerprint density at radius 3 is 0.822 bits per heavy atom. The van der Waals surface area contributed by atoms with Crippen LogP contribution in [0, 0.1) is 17.8 Å². The largest absolute Gasteiger partial charge is 0.451 e. The Morgan fingerprint density at radius 2 is 0.667 bits per heavy atom. The Labute approximate surface area is 269 Å². The summed E-state index contributed by atoms with van der Waals surface area (Å²) in [7, 11) is 4.34. The maximum absolute atomic E-state index is 13.8. The minimum atomic E-state index is -1.22. The summed E-state index contributed by atoms with van der Waals surface area (Å²) in [4.78, 5) is 86.0. The van der Waals surface area contributed by atoms with Gasteiger partial charge in [-0.1, -0.05) is 81.6 Å². The van der Waals surface area contributed by atoms with E-state index in [1.54, 1.807) is 41.5 Å². The van der Waals surface area contributed by atoms with Gasteiger partial charge in [0.15, 0.2) is 18.3 Å². The van der Waals surface area contributed by atoms with E-state index in [0.717, 1.165) is 0 Å². The normalized spacial score (nSPS) is 27.1. The zero-order valence-electron chi connectivity index (χ0n) is 29.5. The van der Waals surface area contributed by atoms with Gasteiger partial charge in [-0.25, -0.2) is 14.4 Å². The van der Waals surface area contributed by atoms with Gasteiger partial charge < -0.3 is 28.9 Å². The Balaban J connectivity index is 3.86. The van der Waals surface area contributed by atoms with E-state index in [9.17, 15) is 28.8 Å². The fourth-order valence-electron chi connectivity index (χ4n) is 5.84. The van der Waals surface area contributed by atoms with E-state index in [2.05, 4.69) is 0 Å². The van der Waals surface area contributed by atoms with E-state index in [4.69, 9.17) is 14.2 Å². The lowest BCUT2D eigenvalue weighted by Crippen LogP contribution is -2.56. The minimum absolute atomic E-state index is 0.186. The molecule has 0 aliphatic carbocycles. The van der Waals surface area contributed by atoms with Crippen molar-refractivity contribution in [2.45, 2.75) is 137 Å². The molecule has 1 rings (SSSR count). The number of carbonyl (C=O) groups is 6. The molecule has 0 radical (unpaired) electrons. The monoisotopic (exact) mass is 639 g/mol. The molecule has 0 bridgehead atoms. The molecule has 6 atom stereocenters. The standard InChI is InChI=1S/C33H57N3O9/c1-13-16-22-28(37)34(10)26(20(6)7)32(41)44-24(18-15-3)30(39)36(12)27(21(8)9)33(42)45-23(17-14-2)29(38)35(11)25(19(4)5)31(40)43-22/h19-27H,13-18H2,1-12H3/t22-,23-,24-,25+,26+,27+/m1/s1. The third kappa shape index (κ3) is 10.2. The average molecular weight is 640 g/mol. The summed E-state index contributed by atoms with van der Waals surface area (Å²) in [6, 6.07) is -3.26. The molecular formula is C33H57N3O9. The summed E-state index contributed by atoms with van der Waals surface area (Å²) in [5.41, 5.74) is 0. The summed E-state index contributed by atoms with van der Waals surface area (Å²) in [6.07, 6.45) is -1.61. The number of carbonyl (C=O) groups excluding carboxylic acids is 6. The first kappa shape index (κ1) is 39.8. The van der Waals surface area contributed by atoms with Gasteiger partial charge in [-0.2, -0.15) is 0 Å². The number of rotatable bonds is 9. The SMILES string of the molecule is CCC[C@H]1OC(=O)[C@H](C(C)C)N(C)C(=O)[C@@H](CCC)OC(=O)[C@H](C(C)C)N(C)C(=O)[C@@H](CCC)OC(=O)[C@H](C(C)C)N(C)C1=O. The van der Waals surface area contributed by atoms with Crippen molar-refractivity contribution in [2.24, 2.45) is 17.8 Å². The van der Waals surface area contributed by atoms with Crippen molar-refractivity contribution in [1.29, 1.82) is 0 Å². The smallest absolute Gasteiger partial charge is 0.329 e. The topological polar surface area (TPSA) is 140 Å². The van der Waals surface area contributed by atoms with Gasteiger partial charge in [0.2, 0.25) is 0 Å². The van der Waals surface area contributed by atoms with Crippen LogP contribution >= 0.6 is 0 Å². The van der Waals surface area contributed by atoms with Crippen molar-refractivity contribution in [1.82, 2.24) is 14.7 Å². The second kappa shape index (κ2) is 18.1. The van der Waals surface area contributed by atoms with Gasteiger partial charge in [0.25, 0.3) is 17.7 Å². The van der Waals surface area contributed by atoms with Crippen LogP contribution < -0.4 is 0 Å². The molecule has 0 N–H and O–H groups in total. The molecule has 12 heteroatoms. The molecule has 258 valence electrons. The van der Waals surface area contributed by atoms with Gasteiger partial charge >= 0.3 is 17.9 Å². The number of hydrogen-bond donors (Lipinski definition) is 0. The highest BCUT2D eigenvalue weighted by molar-refractivity contribution is 5.93. The van der Waals surface area contributed by atoms with Crippen LogP contribution in [0.1, 0.15) is 101 Å². The Kier molecular flexibility index (Phi) is 16.0. The van der Waals surface area contributed by atoms with E-state index in [1.165, 1.54) is 35.8 Å². The van der Waals surface area contributed by atoms with E-state index in [0.29, 0.717) is 19.3 Å². The van der Waals surface area contributed by atoms with Gasteiger partial charge in [0.05, 0.1) is 0 Å². The van der Waals surface area contributed by atoms with Crippen molar-refractivity contribution in [3.05, 3.63) is 0 Å². The number of amides is 3. The second-order valence-corrected chi connectivity index (χ2v) is 13.1. The fourth-order valence-corrected chi connectivity index (χ4v) is 5.84. The van der Waals surface area contributed by atoms with Crippen LogP contribution in [0.3, 0.4) is 0 Å². The van der Waals surface area contributed by atoms with Crippen LogP contribution in [0.15, 0.2) is 0 Å². The molecule has 1 aliphatic rings. The highest BCUT2D eigenvalue weighted by Crippen LogP contribution is 2.23. The van der Waals surface area contributed by atoms with Crippen LogP contribution in [-0.2, 0) is 43.0 Å². The van der Waals surface area contributed by atoms with Gasteiger partial charge in [0.1, 0.15) is 18.1 Å². The average Bonchev–Trinajstić information content (AvgIpc) is 2.94. The van der Waals surface area contributed by atoms with Crippen LogP contribution in [0.2, 0.25) is 0 Å². The first-order valence-corrected chi connectivity index (χ1v) is 16.4. The van der Waals surface area contributed by atoms with Gasteiger partial charge in [0, 0.05) is 21.1 Å². The predicted molar refractivity (Wildman–Crippen MR) is 169 cm³/mol. The van der Waals surface area contributed by atoms with Crippen LogP contribution in [-0.4, -0.2) is 108 Å². The molecule has 1 heterocycles. The lowest BCUT2D eigenvalue weighted by Gasteiger charge is -2.37. The molecule has 0 unspecified atom stereocenters. The summed E-state index contributed by atoms with van der Waals surface area (Å²) in [5, 5.41) is 0. The van der Waals surface area contributed by atoms with E-state index in [-0.39, 0.29) is 19.3 Å². The summed E-state index contributed by atoms with van der Waals surface area (Å²) in [6.45, 7) is 16.0. The Bertz CT molecular complexity index is 916. The number of esters is 3. The van der Waals surface area contributed by atoms with Gasteiger partial charge in [-0.15, -0.1) is 0 Å². The zero-order valence-corrected chi connectivity index (χ0v) is 29.5. The highest BCUT2D eigenvalue weighted by atomic mass is 16.6. The molecule has 1 aliphatic heterocycles. The molecule has 0 aromatic heterocycles. The number of likely N-dealkylation sites (N-methyl/N-ethyl adjacent to an activating group) is 3. The maximum Gasteiger partial charge on any atom is 0.329 e. The van der Waals surface area contributed by atoms with Crippen molar-refractivity contribution >= 4 is 35.6 Å². The molecule has 1 fully saturated rings. The molecule has 0 aromatic carbocycles. The Morgan fingerprint density at radius 1 is 0.467 bits per heavy atom. The minimum Gasteiger partial charge on any atom is -0.451 e. The van der Waals surface area contributed by atoms with E-state index >= 15 is 0 Å². The third-order valence-electron chi connectivity index (χ3n) is 8.17. The van der Waals surface area contributed by atoms with Crippen molar-refractivity contribution in [2.75, 3.05) is 21.1 Å². The lowest BCUT2D eigenvalue weighted by molar-refractivity contribution is -0.179. The summed E-state index contributed by atoms with van der Waals surface area (Å²) in [5.74, 6) is -5.34. The third-order valence-corrected chi connectivity index (χ3v) is 8.17. The molecular weight excluding hydrogens is 582 g/mol. The first-order valence-electron chi connectivity index (χ1n) is 16.4. The quantitative estimate of drug-likeness (QED) is 0.274. The summed E-state index contributed by atoms with van der Waals surface area (Å²) >= 11 is 0. The number of cyclic esters (lactones) is 3. The molecule has 0 saturated carbocycles. The van der Waals surface area contributed by atoms with Crippen LogP contribution in [0.4, 0.5) is 0 Å². The van der Waals surface area contributed by atoms with E-state index in [1.807, 2.05) is 20.8 Å². The second-order valence-electron chi connectivity index (χ2n) is 13.1. The van der Waals surface area contributed by atoms with Crippen LogP contribution in [0.5, 0.6) is 0 Å². The first-order chi connectivity index (χ1) is 21.0. The Hall–Kier alpha value is -3.18. The lowest BCUT2D eigenvalue weighted by atomic mass is 10.00. The summed E-state index contributed by atoms with van der Waals surface area (Å²) < 4.78 is 17.4. The molecule has 3 amide bonds. The predicted octanol–water partition coefficient (Wildman–Crippen LogP) is 3.58. The van der Waals surface area contributed by atoms with Crippen molar-refractivity contribution in [3.63, 3.8) is 0 Å². The van der Waals surface area contributed by atoms with Crippen molar-refractivity contribution < 1.29 is 43.0 Å². The molecule has 12 nitrogen and oxygen atoms in total. The molecule has 45 heavy (non-hydrogen) atoms. The fraction of sp³-hybridized carbons (Fsp3) is 0.818. The van der Waals surface area contributed by atoms with Crippen molar-refractivity contribution in [3.8, 4) is 0 Å². The zero-order chi connectivity index (χ0) is 34.8. The number of ether oxygens (including phenoxy) is 3. The molecule has 1 saturated heterocycles. The molecule has 0 aromatic rings. The molecule has 0 spiro atoms. The number of nitrogens with zero attached hydrogens (tertiary/aromatic N) is 3. The maximum atomic E-state index is 13.8. The highest BCUT2D eigenvalue weighted by Gasteiger charge is 2.43. The van der Waals surface area contributed by atoms with Crippen LogP contribution in [0.25, 0.3) is 0 Å². The van der Waals surface area contributed by atoms with Gasteiger partial charge in [-0.3, -0.25) is 14.4 Å². The van der Waals surface area contributed by atoms with Gasteiger partial charge in [-0.05, 0) is 37.0 Å². The number of hydrogen-bond acceptors (Lipinski definition) is 9.